The lowest BCUT2D eigenvalue weighted by Gasteiger charge is -2.21. The minimum Gasteiger partial charge on any atom is -0.481 e. The third-order valence-electron chi connectivity index (χ3n) is 4.78. The number of carbonyl (C=O) groups is 1. The number of anilines is 1. The summed E-state index contributed by atoms with van der Waals surface area (Å²) >= 11 is 1.14. The molecule has 1 fully saturated rings. The monoisotopic (exact) mass is 431 g/mol. The van der Waals surface area contributed by atoms with Gasteiger partial charge in [0.2, 0.25) is 5.06 Å². The van der Waals surface area contributed by atoms with Gasteiger partial charge >= 0.3 is 0 Å². The lowest BCUT2D eigenvalue weighted by Crippen LogP contribution is -2.21. The Balaban J connectivity index is 1.47. The van der Waals surface area contributed by atoms with Crippen LogP contribution in [0.1, 0.15) is 23.3 Å². The molecule has 3 heterocycles. The smallest absolute Gasteiger partial charge is 0.274 e. The Morgan fingerprint density at radius 1 is 1.17 bits per heavy atom. The molecular formula is C21H19F2N3O3S. The van der Waals surface area contributed by atoms with Crippen molar-refractivity contribution in [3.63, 3.8) is 0 Å². The van der Waals surface area contributed by atoms with E-state index < -0.39 is 17.5 Å². The number of halogens is 2. The van der Waals surface area contributed by atoms with Crippen molar-refractivity contribution in [2.24, 2.45) is 5.92 Å². The van der Waals surface area contributed by atoms with Crippen LogP contribution in [0.2, 0.25) is 0 Å². The van der Waals surface area contributed by atoms with Crippen molar-refractivity contribution in [2.45, 2.75) is 12.8 Å². The highest BCUT2D eigenvalue weighted by Gasteiger charge is 2.19. The van der Waals surface area contributed by atoms with Gasteiger partial charge in [0.25, 0.3) is 5.91 Å². The summed E-state index contributed by atoms with van der Waals surface area (Å²) in [6.07, 6.45) is 3.37. The van der Waals surface area contributed by atoms with Gasteiger partial charge in [0.1, 0.15) is 23.0 Å². The first-order chi connectivity index (χ1) is 14.6. The zero-order chi connectivity index (χ0) is 20.9. The van der Waals surface area contributed by atoms with Crippen molar-refractivity contribution in [2.75, 3.05) is 25.1 Å². The molecule has 156 valence electrons. The molecule has 0 atom stereocenters. The molecule has 0 bridgehead atoms. The molecule has 3 aromatic rings. The maximum absolute atomic E-state index is 14.1. The Morgan fingerprint density at radius 3 is 2.67 bits per heavy atom. The molecule has 1 aliphatic rings. The van der Waals surface area contributed by atoms with E-state index in [2.05, 4.69) is 14.7 Å². The van der Waals surface area contributed by atoms with Gasteiger partial charge in [-0.15, -0.1) is 0 Å². The topological polar surface area (TPSA) is 73.3 Å². The number of ether oxygens (including phenoxy) is 2. The fraction of sp³-hybridized carbons (Fsp3) is 0.286. The van der Waals surface area contributed by atoms with Gasteiger partial charge in [-0.2, -0.15) is 4.37 Å². The second kappa shape index (κ2) is 9.27. The van der Waals surface area contributed by atoms with Gasteiger partial charge in [-0.05, 0) is 43.0 Å². The van der Waals surface area contributed by atoms with Crippen LogP contribution in [0.4, 0.5) is 14.5 Å². The van der Waals surface area contributed by atoms with Crippen molar-refractivity contribution < 1.29 is 23.0 Å². The van der Waals surface area contributed by atoms with E-state index in [1.54, 1.807) is 0 Å². The van der Waals surface area contributed by atoms with Gasteiger partial charge < -0.3 is 14.8 Å². The van der Waals surface area contributed by atoms with Gasteiger partial charge in [-0.3, -0.25) is 4.79 Å². The van der Waals surface area contributed by atoms with E-state index in [0.29, 0.717) is 23.3 Å². The summed E-state index contributed by atoms with van der Waals surface area (Å²) in [5.41, 5.74) is 0.223. The molecular weight excluding hydrogens is 412 g/mol. The van der Waals surface area contributed by atoms with Crippen LogP contribution in [0.15, 0.2) is 42.6 Å². The lowest BCUT2D eigenvalue weighted by molar-refractivity contribution is 0.0504. The Labute approximate surface area is 176 Å². The van der Waals surface area contributed by atoms with Crippen LogP contribution >= 0.6 is 11.5 Å². The average Bonchev–Trinajstić information content (AvgIpc) is 3.20. The normalized spacial score (nSPS) is 14.5. The molecule has 1 N–H and O–H groups in total. The number of nitrogens with zero attached hydrogens (tertiary/aromatic N) is 2. The maximum Gasteiger partial charge on any atom is 0.274 e. The number of rotatable bonds is 6. The summed E-state index contributed by atoms with van der Waals surface area (Å²) in [4.78, 5) is 16.8. The summed E-state index contributed by atoms with van der Waals surface area (Å²) in [5, 5.41) is 3.22. The van der Waals surface area contributed by atoms with Gasteiger partial charge in [0, 0.05) is 24.7 Å². The van der Waals surface area contributed by atoms with Crippen molar-refractivity contribution in [1.82, 2.24) is 9.36 Å². The van der Waals surface area contributed by atoms with Gasteiger partial charge in [0.05, 0.1) is 24.1 Å². The predicted octanol–water partition coefficient (Wildman–Crippen LogP) is 4.54. The summed E-state index contributed by atoms with van der Waals surface area (Å²) < 4.78 is 43.4. The van der Waals surface area contributed by atoms with E-state index in [1.165, 1.54) is 30.5 Å². The first-order valence-electron chi connectivity index (χ1n) is 9.50. The Kier molecular flexibility index (Phi) is 6.29. The maximum atomic E-state index is 14.1. The average molecular weight is 431 g/mol. The molecule has 1 saturated heterocycles. The number of hydrogen-bond acceptors (Lipinski definition) is 6. The molecule has 0 saturated carbocycles. The number of carbonyl (C=O) groups excluding carboxylic acids is 1. The largest absolute Gasteiger partial charge is 0.481 e. The molecule has 0 radical (unpaired) electrons. The number of pyridine rings is 1. The van der Waals surface area contributed by atoms with Crippen molar-refractivity contribution in [3.8, 4) is 16.3 Å². The molecule has 0 aliphatic carbocycles. The summed E-state index contributed by atoms with van der Waals surface area (Å²) in [6.45, 7) is 1.98. The first kappa shape index (κ1) is 20.4. The molecule has 9 heteroatoms. The third-order valence-corrected chi connectivity index (χ3v) is 5.49. The highest BCUT2D eigenvalue weighted by molar-refractivity contribution is 7.08. The van der Waals surface area contributed by atoms with Crippen LogP contribution < -0.4 is 10.1 Å². The molecule has 0 unspecified atom stereocenters. The molecule has 1 amide bonds. The minimum atomic E-state index is -0.745. The fourth-order valence-corrected chi connectivity index (χ4v) is 3.73. The third kappa shape index (κ3) is 4.63. The predicted molar refractivity (Wildman–Crippen MR) is 109 cm³/mol. The van der Waals surface area contributed by atoms with Crippen LogP contribution in [0.5, 0.6) is 5.06 Å². The van der Waals surface area contributed by atoms with E-state index in [0.717, 1.165) is 49.7 Å². The van der Waals surface area contributed by atoms with Crippen molar-refractivity contribution >= 4 is 23.1 Å². The summed E-state index contributed by atoms with van der Waals surface area (Å²) in [7, 11) is 0. The number of amides is 1. The fourth-order valence-electron chi connectivity index (χ4n) is 3.15. The highest BCUT2D eigenvalue weighted by Crippen LogP contribution is 2.31. The Morgan fingerprint density at radius 2 is 1.90 bits per heavy atom. The number of benzene rings is 1. The standard InChI is InChI=1S/C21H19F2N3O3S/c22-14-3-1-4-15(23)19(14)16-5-2-6-17(25-16)20(27)26-18-11-24-30-21(18)29-12-13-7-9-28-10-8-13/h1-6,11,13H,7-10,12H2,(H,26,27). The van der Waals surface area contributed by atoms with Crippen LogP contribution in [0.25, 0.3) is 11.3 Å². The first-order valence-corrected chi connectivity index (χ1v) is 10.3. The molecule has 0 spiro atoms. The van der Waals surface area contributed by atoms with E-state index in [-0.39, 0.29) is 17.0 Å². The minimum absolute atomic E-state index is 0.0248. The van der Waals surface area contributed by atoms with Crippen LogP contribution in [-0.4, -0.2) is 35.1 Å². The second-order valence-corrected chi connectivity index (χ2v) is 7.62. The van der Waals surface area contributed by atoms with Crippen LogP contribution in [0.3, 0.4) is 0 Å². The molecule has 1 aromatic carbocycles. The summed E-state index contributed by atoms with van der Waals surface area (Å²) in [6, 6.07) is 8.01. The lowest BCUT2D eigenvalue weighted by atomic mass is 10.0. The van der Waals surface area contributed by atoms with E-state index in [1.807, 2.05) is 0 Å². The quantitative estimate of drug-likeness (QED) is 0.620. The zero-order valence-electron chi connectivity index (χ0n) is 15.9. The SMILES string of the molecule is O=C(Nc1cnsc1OCC1CCOCC1)c1cccc(-c2c(F)cccc2F)n1. The number of hydrogen-bond donors (Lipinski definition) is 1. The summed E-state index contributed by atoms with van der Waals surface area (Å²) in [5.74, 6) is -1.61. The zero-order valence-corrected chi connectivity index (χ0v) is 16.8. The molecule has 1 aliphatic heterocycles. The van der Waals surface area contributed by atoms with Gasteiger partial charge in [-0.1, -0.05) is 12.1 Å². The van der Waals surface area contributed by atoms with E-state index in [9.17, 15) is 13.6 Å². The second-order valence-electron chi connectivity index (χ2n) is 6.85. The van der Waals surface area contributed by atoms with Gasteiger partial charge in [-0.25, -0.2) is 13.8 Å². The Bertz CT molecular complexity index is 1020. The molecule has 6 nitrogen and oxygen atoms in total. The highest BCUT2D eigenvalue weighted by atomic mass is 32.1. The van der Waals surface area contributed by atoms with Crippen molar-refractivity contribution in [3.05, 3.63) is 59.9 Å². The van der Waals surface area contributed by atoms with E-state index >= 15 is 0 Å². The molecule has 2 aromatic heterocycles. The van der Waals surface area contributed by atoms with Gasteiger partial charge in [0.15, 0.2) is 0 Å². The van der Waals surface area contributed by atoms with E-state index in [4.69, 9.17) is 9.47 Å². The van der Waals surface area contributed by atoms with Crippen LogP contribution in [0, 0.1) is 17.6 Å². The Hall–Kier alpha value is -2.91. The van der Waals surface area contributed by atoms with Crippen molar-refractivity contribution in [1.29, 1.82) is 0 Å². The van der Waals surface area contributed by atoms with Crippen LogP contribution in [-0.2, 0) is 4.74 Å². The molecule has 30 heavy (non-hydrogen) atoms. The number of nitrogens with one attached hydrogen (secondary N) is 1. The number of aromatic nitrogens is 2. The molecule has 4 rings (SSSR count).